The third-order valence-electron chi connectivity index (χ3n) is 2.65. The van der Waals surface area contributed by atoms with Crippen LogP contribution in [0.2, 0.25) is 0 Å². The van der Waals surface area contributed by atoms with Gasteiger partial charge >= 0.3 is 0 Å². The monoisotopic (exact) mass is 180 g/mol. The van der Waals surface area contributed by atoms with E-state index >= 15 is 0 Å². The van der Waals surface area contributed by atoms with Crippen molar-refractivity contribution in [2.45, 2.75) is 51.9 Å². The molecule has 0 aromatic carbocycles. The fraction of sp³-hybridized carbons (Fsp3) is 0.750. The van der Waals surface area contributed by atoms with Gasteiger partial charge in [0.05, 0.1) is 0 Å². The van der Waals surface area contributed by atoms with Crippen molar-refractivity contribution in [3.8, 4) is 0 Å². The first kappa shape index (κ1) is 10.5. The Labute approximate surface area is 81.2 Å². The zero-order chi connectivity index (χ0) is 9.52. The maximum Gasteiger partial charge on any atom is 0.127 e. The zero-order valence-electron chi connectivity index (χ0n) is 8.59. The molecule has 1 aliphatic rings. The molecule has 0 N–H and O–H groups in total. The number of aldehydes is 1. The van der Waals surface area contributed by atoms with E-state index in [9.17, 15) is 4.79 Å². The lowest BCUT2D eigenvalue weighted by Gasteiger charge is -1.95. The number of allylic oxidation sites excluding steroid dienone is 2. The van der Waals surface area contributed by atoms with Crippen LogP contribution < -0.4 is 0 Å². The minimum Gasteiger partial charge on any atom is -0.303 e. The molecular formula is C12H20O. The van der Waals surface area contributed by atoms with Gasteiger partial charge in [0.2, 0.25) is 0 Å². The first-order valence-electron chi connectivity index (χ1n) is 5.52. The van der Waals surface area contributed by atoms with Crippen molar-refractivity contribution < 1.29 is 4.79 Å². The van der Waals surface area contributed by atoms with Crippen molar-refractivity contribution in [1.82, 2.24) is 0 Å². The molecule has 1 aliphatic carbocycles. The SMILES string of the molecule is CCCCCCC/C=C1/CC1C=O. The Morgan fingerprint density at radius 3 is 2.69 bits per heavy atom. The molecule has 0 aliphatic heterocycles. The average Bonchev–Trinajstić information content (AvgIpc) is 2.90. The van der Waals surface area contributed by atoms with Gasteiger partial charge in [-0.25, -0.2) is 0 Å². The fourth-order valence-corrected chi connectivity index (χ4v) is 1.60. The molecule has 1 fully saturated rings. The van der Waals surface area contributed by atoms with Gasteiger partial charge in [-0.2, -0.15) is 0 Å². The Morgan fingerprint density at radius 1 is 1.31 bits per heavy atom. The molecule has 1 rings (SSSR count). The summed E-state index contributed by atoms with van der Waals surface area (Å²) >= 11 is 0. The van der Waals surface area contributed by atoms with Crippen molar-refractivity contribution in [1.29, 1.82) is 0 Å². The molecular weight excluding hydrogens is 160 g/mol. The van der Waals surface area contributed by atoms with Crippen molar-refractivity contribution in [3.05, 3.63) is 11.6 Å². The average molecular weight is 180 g/mol. The van der Waals surface area contributed by atoms with Crippen LogP contribution in [0.25, 0.3) is 0 Å². The minimum absolute atomic E-state index is 0.302. The van der Waals surface area contributed by atoms with Crippen LogP contribution in [0.1, 0.15) is 51.9 Å². The van der Waals surface area contributed by atoms with Gasteiger partial charge in [0, 0.05) is 5.92 Å². The van der Waals surface area contributed by atoms with Crippen LogP contribution in [0.5, 0.6) is 0 Å². The van der Waals surface area contributed by atoms with Crippen LogP contribution in [-0.2, 0) is 4.79 Å². The quantitative estimate of drug-likeness (QED) is 0.333. The molecule has 0 aromatic heterocycles. The summed E-state index contributed by atoms with van der Waals surface area (Å²) in [6.07, 6.45) is 12.3. The van der Waals surface area contributed by atoms with Crippen LogP contribution in [0, 0.1) is 5.92 Å². The number of carbonyl (C=O) groups excluding carboxylic acids is 1. The summed E-state index contributed by atoms with van der Waals surface area (Å²) < 4.78 is 0. The highest BCUT2D eigenvalue weighted by atomic mass is 16.1. The Morgan fingerprint density at radius 2 is 2.08 bits per heavy atom. The van der Waals surface area contributed by atoms with E-state index in [-0.39, 0.29) is 0 Å². The summed E-state index contributed by atoms with van der Waals surface area (Å²) in [6.45, 7) is 2.24. The number of hydrogen-bond acceptors (Lipinski definition) is 1. The second kappa shape index (κ2) is 5.95. The maximum atomic E-state index is 10.3. The summed E-state index contributed by atoms with van der Waals surface area (Å²) in [5.74, 6) is 0.302. The first-order valence-corrected chi connectivity index (χ1v) is 5.52. The highest BCUT2D eigenvalue weighted by Crippen LogP contribution is 2.35. The van der Waals surface area contributed by atoms with Crippen LogP contribution in [0.4, 0.5) is 0 Å². The van der Waals surface area contributed by atoms with Gasteiger partial charge in [-0.05, 0) is 19.3 Å². The van der Waals surface area contributed by atoms with Gasteiger partial charge in [-0.3, -0.25) is 0 Å². The third-order valence-corrected chi connectivity index (χ3v) is 2.65. The Bertz CT molecular complexity index is 182. The zero-order valence-corrected chi connectivity index (χ0v) is 8.59. The molecule has 1 saturated carbocycles. The highest BCUT2D eigenvalue weighted by molar-refractivity contribution is 5.66. The lowest BCUT2D eigenvalue weighted by Crippen LogP contribution is -1.76. The molecule has 0 saturated heterocycles. The topological polar surface area (TPSA) is 17.1 Å². The number of rotatable bonds is 7. The van der Waals surface area contributed by atoms with Gasteiger partial charge < -0.3 is 4.79 Å². The third kappa shape index (κ3) is 4.25. The molecule has 0 spiro atoms. The Kier molecular flexibility index (Phi) is 4.81. The molecule has 0 radical (unpaired) electrons. The lowest BCUT2D eigenvalue weighted by molar-refractivity contribution is -0.108. The highest BCUT2D eigenvalue weighted by Gasteiger charge is 2.27. The van der Waals surface area contributed by atoms with Gasteiger partial charge in [-0.1, -0.05) is 44.3 Å². The molecule has 1 heteroatoms. The van der Waals surface area contributed by atoms with Gasteiger partial charge in [0.25, 0.3) is 0 Å². The van der Waals surface area contributed by atoms with E-state index in [4.69, 9.17) is 0 Å². The molecule has 0 bridgehead atoms. The second-order valence-electron chi connectivity index (χ2n) is 3.93. The number of carbonyl (C=O) groups is 1. The van der Waals surface area contributed by atoms with Crippen molar-refractivity contribution in [2.24, 2.45) is 5.92 Å². The number of unbranched alkanes of at least 4 members (excludes halogenated alkanes) is 5. The van der Waals surface area contributed by atoms with E-state index < -0.39 is 0 Å². The Balaban J connectivity index is 1.90. The smallest absolute Gasteiger partial charge is 0.127 e. The maximum absolute atomic E-state index is 10.3. The molecule has 1 atom stereocenters. The first-order chi connectivity index (χ1) is 6.38. The van der Waals surface area contributed by atoms with E-state index in [0.29, 0.717) is 5.92 Å². The summed E-state index contributed by atoms with van der Waals surface area (Å²) in [5, 5.41) is 0. The van der Waals surface area contributed by atoms with Gasteiger partial charge in [-0.15, -0.1) is 0 Å². The van der Waals surface area contributed by atoms with Crippen LogP contribution in [-0.4, -0.2) is 6.29 Å². The van der Waals surface area contributed by atoms with E-state index in [1.54, 1.807) is 0 Å². The minimum atomic E-state index is 0.302. The summed E-state index contributed by atoms with van der Waals surface area (Å²) in [4.78, 5) is 10.3. The lowest BCUT2D eigenvalue weighted by atomic mass is 10.1. The predicted octanol–water partition coefficient (Wildman–Crippen LogP) is 3.49. The van der Waals surface area contributed by atoms with Gasteiger partial charge in [0.1, 0.15) is 6.29 Å². The summed E-state index contributed by atoms with van der Waals surface area (Å²) in [6, 6.07) is 0. The van der Waals surface area contributed by atoms with Crippen molar-refractivity contribution >= 4 is 6.29 Å². The standard InChI is InChI=1S/C12H20O/c1-2-3-4-5-6-7-8-11-9-12(11)10-13/h8,10,12H,2-7,9H2,1H3/b11-8-. The van der Waals surface area contributed by atoms with Crippen LogP contribution >= 0.6 is 0 Å². The van der Waals surface area contributed by atoms with E-state index in [1.165, 1.54) is 44.1 Å². The fourth-order valence-electron chi connectivity index (χ4n) is 1.60. The molecule has 13 heavy (non-hydrogen) atoms. The van der Waals surface area contributed by atoms with Crippen molar-refractivity contribution in [2.75, 3.05) is 0 Å². The van der Waals surface area contributed by atoms with E-state index in [2.05, 4.69) is 13.0 Å². The predicted molar refractivity (Wildman–Crippen MR) is 55.6 cm³/mol. The molecule has 0 heterocycles. The van der Waals surface area contributed by atoms with Crippen LogP contribution in [0.15, 0.2) is 11.6 Å². The van der Waals surface area contributed by atoms with Crippen molar-refractivity contribution in [3.63, 3.8) is 0 Å². The van der Waals surface area contributed by atoms with Crippen LogP contribution in [0.3, 0.4) is 0 Å². The van der Waals surface area contributed by atoms with E-state index in [1.807, 2.05) is 0 Å². The Hall–Kier alpha value is -0.590. The summed E-state index contributed by atoms with van der Waals surface area (Å²) in [5.41, 5.74) is 1.38. The second-order valence-corrected chi connectivity index (χ2v) is 3.93. The molecule has 0 amide bonds. The normalized spacial score (nSPS) is 23.5. The molecule has 74 valence electrons. The molecule has 1 unspecified atom stereocenters. The van der Waals surface area contributed by atoms with E-state index in [0.717, 1.165) is 12.7 Å². The van der Waals surface area contributed by atoms with Gasteiger partial charge in [0.15, 0.2) is 0 Å². The summed E-state index contributed by atoms with van der Waals surface area (Å²) in [7, 11) is 0. The molecule has 0 aromatic rings. The largest absolute Gasteiger partial charge is 0.303 e. The number of hydrogen-bond donors (Lipinski definition) is 0. The molecule has 1 nitrogen and oxygen atoms in total.